The molecule has 0 unspecified atom stereocenters. The van der Waals surface area contributed by atoms with Crippen LogP contribution in [0.1, 0.15) is 25.0 Å². The van der Waals surface area contributed by atoms with E-state index in [9.17, 15) is 4.39 Å². The van der Waals surface area contributed by atoms with E-state index in [0.29, 0.717) is 0 Å². The van der Waals surface area contributed by atoms with Crippen molar-refractivity contribution in [3.63, 3.8) is 0 Å². The molecule has 2 nitrogen and oxygen atoms in total. The number of anilines is 1. The van der Waals surface area contributed by atoms with E-state index < -0.39 is 0 Å². The number of hydrogen-bond acceptors (Lipinski definition) is 2. The van der Waals surface area contributed by atoms with Gasteiger partial charge in [0.2, 0.25) is 0 Å². The van der Waals surface area contributed by atoms with Crippen LogP contribution in [0.5, 0.6) is 0 Å². The fourth-order valence-electron chi connectivity index (χ4n) is 2.53. The van der Waals surface area contributed by atoms with Gasteiger partial charge in [0.25, 0.3) is 0 Å². The van der Waals surface area contributed by atoms with Crippen LogP contribution in [-0.2, 0) is 13.0 Å². The summed E-state index contributed by atoms with van der Waals surface area (Å²) >= 11 is 0. The molecular formula is C19H25ClFN2-. The van der Waals surface area contributed by atoms with Gasteiger partial charge in [-0.1, -0.05) is 24.3 Å². The normalized spacial score (nSPS) is 10.2. The predicted molar refractivity (Wildman–Crippen MR) is 91.8 cm³/mol. The Morgan fingerprint density at radius 3 is 2.00 bits per heavy atom. The highest BCUT2D eigenvalue weighted by Gasteiger charge is 2.01. The van der Waals surface area contributed by atoms with Crippen molar-refractivity contribution in [2.24, 2.45) is 0 Å². The molecule has 4 heteroatoms. The molecule has 2 aromatic rings. The van der Waals surface area contributed by atoms with E-state index in [1.165, 1.54) is 23.4 Å². The van der Waals surface area contributed by atoms with Crippen LogP contribution in [0.2, 0.25) is 0 Å². The van der Waals surface area contributed by atoms with Crippen molar-refractivity contribution in [2.75, 3.05) is 24.5 Å². The summed E-state index contributed by atoms with van der Waals surface area (Å²) in [6, 6.07) is 15.4. The van der Waals surface area contributed by atoms with Crippen LogP contribution < -0.4 is 22.6 Å². The molecule has 1 N–H and O–H groups in total. The van der Waals surface area contributed by atoms with Gasteiger partial charge in [-0.2, -0.15) is 0 Å². The summed E-state index contributed by atoms with van der Waals surface area (Å²) in [6.07, 6.45) is 0.914. The molecule has 0 aromatic heterocycles. The molecule has 2 rings (SSSR count). The first-order chi connectivity index (χ1) is 10.7. The minimum absolute atomic E-state index is 0. The Morgan fingerprint density at radius 2 is 1.43 bits per heavy atom. The van der Waals surface area contributed by atoms with Crippen molar-refractivity contribution in [1.29, 1.82) is 0 Å². The lowest BCUT2D eigenvalue weighted by Gasteiger charge is -2.21. The summed E-state index contributed by atoms with van der Waals surface area (Å²) in [5.41, 5.74) is 3.72. The Bertz CT molecular complexity index is 551. The highest BCUT2D eigenvalue weighted by atomic mass is 35.5. The maximum absolute atomic E-state index is 12.8. The van der Waals surface area contributed by atoms with Gasteiger partial charge in [-0.05, 0) is 62.2 Å². The third-order valence-electron chi connectivity index (χ3n) is 3.90. The first-order valence-electron chi connectivity index (χ1n) is 8.02. The Hall–Kier alpha value is -1.58. The van der Waals surface area contributed by atoms with Crippen LogP contribution in [-0.4, -0.2) is 19.6 Å². The molecular weight excluding hydrogens is 311 g/mol. The van der Waals surface area contributed by atoms with E-state index in [4.69, 9.17) is 0 Å². The molecule has 0 heterocycles. The van der Waals surface area contributed by atoms with Crippen LogP contribution in [0.25, 0.3) is 0 Å². The lowest BCUT2D eigenvalue weighted by molar-refractivity contribution is -0.00000522. The first kappa shape index (κ1) is 19.5. The number of benzene rings is 2. The van der Waals surface area contributed by atoms with Crippen LogP contribution in [0.4, 0.5) is 10.1 Å². The zero-order chi connectivity index (χ0) is 15.8. The van der Waals surface area contributed by atoms with Gasteiger partial charge in [-0.15, -0.1) is 0 Å². The molecule has 126 valence electrons. The standard InChI is InChI=1S/C19H25FN2.ClH/c1-3-22(4-2)19-11-7-17(8-12-19)15-21-14-13-16-5-9-18(20)10-6-16;/h5-12,21H,3-4,13-15H2,1-2H3;1H/p-1. The van der Waals surface area contributed by atoms with E-state index in [-0.39, 0.29) is 18.2 Å². The third-order valence-corrected chi connectivity index (χ3v) is 3.90. The van der Waals surface area contributed by atoms with Gasteiger partial charge in [0.1, 0.15) is 5.82 Å². The summed E-state index contributed by atoms with van der Waals surface area (Å²) in [4.78, 5) is 2.34. The van der Waals surface area contributed by atoms with Crippen LogP contribution in [0, 0.1) is 5.82 Å². The van der Waals surface area contributed by atoms with E-state index in [1.54, 1.807) is 0 Å². The third kappa shape index (κ3) is 6.20. The predicted octanol–water partition coefficient (Wildman–Crippen LogP) is 1.01. The van der Waals surface area contributed by atoms with Crippen molar-refractivity contribution in [3.8, 4) is 0 Å². The number of nitrogens with zero attached hydrogens (tertiary/aromatic N) is 1. The van der Waals surface area contributed by atoms with Gasteiger partial charge in [-0.25, -0.2) is 4.39 Å². The van der Waals surface area contributed by atoms with Gasteiger partial charge in [-0.3, -0.25) is 0 Å². The first-order valence-corrected chi connectivity index (χ1v) is 8.02. The Kier molecular flexibility index (Phi) is 8.67. The summed E-state index contributed by atoms with van der Waals surface area (Å²) < 4.78 is 12.8. The zero-order valence-corrected chi connectivity index (χ0v) is 14.6. The fourth-order valence-corrected chi connectivity index (χ4v) is 2.53. The molecule has 2 aromatic carbocycles. The molecule has 0 spiro atoms. The topological polar surface area (TPSA) is 15.3 Å². The average Bonchev–Trinajstić information content (AvgIpc) is 2.56. The van der Waals surface area contributed by atoms with E-state index in [2.05, 4.69) is 48.3 Å². The van der Waals surface area contributed by atoms with Crippen molar-refractivity contribution >= 4 is 5.69 Å². The maximum Gasteiger partial charge on any atom is 0.123 e. The molecule has 0 saturated heterocycles. The molecule has 23 heavy (non-hydrogen) atoms. The fraction of sp³-hybridized carbons (Fsp3) is 0.368. The molecule has 0 fully saturated rings. The SMILES string of the molecule is CCN(CC)c1ccc(CNCCc2ccc(F)cc2)cc1.[Cl-]. The quantitative estimate of drug-likeness (QED) is 0.724. The molecule has 0 radical (unpaired) electrons. The maximum atomic E-state index is 12.8. The van der Waals surface area contributed by atoms with Crippen LogP contribution >= 0.6 is 0 Å². The van der Waals surface area contributed by atoms with Gasteiger partial charge < -0.3 is 22.6 Å². The number of nitrogens with one attached hydrogen (secondary N) is 1. The second-order valence-corrected chi connectivity index (χ2v) is 5.39. The molecule has 0 saturated carbocycles. The van der Waals surface area contributed by atoms with Crippen LogP contribution in [0.3, 0.4) is 0 Å². The molecule has 0 bridgehead atoms. The summed E-state index contributed by atoms with van der Waals surface area (Å²) in [5, 5.41) is 3.43. The average molecular weight is 336 g/mol. The summed E-state index contributed by atoms with van der Waals surface area (Å²) in [7, 11) is 0. The Labute approximate surface area is 145 Å². The van der Waals surface area contributed by atoms with Crippen molar-refractivity contribution in [3.05, 3.63) is 65.5 Å². The van der Waals surface area contributed by atoms with E-state index in [1.807, 2.05) is 12.1 Å². The number of hydrogen-bond donors (Lipinski definition) is 1. The molecule has 0 aliphatic carbocycles. The minimum atomic E-state index is -0.176. The number of rotatable bonds is 8. The van der Waals surface area contributed by atoms with Gasteiger partial charge >= 0.3 is 0 Å². The smallest absolute Gasteiger partial charge is 0.123 e. The van der Waals surface area contributed by atoms with Crippen molar-refractivity contribution in [2.45, 2.75) is 26.8 Å². The van der Waals surface area contributed by atoms with Crippen molar-refractivity contribution in [1.82, 2.24) is 5.32 Å². The molecule has 0 aliphatic heterocycles. The molecule has 0 aliphatic rings. The summed E-state index contributed by atoms with van der Waals surface area (Å²) in [5.74, 6) is -0.176. The van der Waals surface area contributed by atoms with Gasteiger partial charge in [0.05, 0.1) is 0 Å². The molecule has 0 atom stereocenters. The van der Waals surface area contributed by atoms with E-state index >= 15 is 0 Å². The second-order valence-electron chi connectivity index (χ2n) is 5.39. The van der Waals surface area contributed by atoms with Crippen molar-refractivity contribution < 1.29 is 16.8 Å². The highest BCUT2D eigenvalue weighted by Crippen LogP contribution is 2.14. The summed E-state index contributed by atoms with van der Waals surface area (Å²) in [6.45, 7) is 8.17. The lowest BCUT2D eigenvalue weighted by atomic mass is 10.1. The van der Waals surface area contributed by atoms with E-state index in [0.717, 1.165) is 38.2 Å². The number of halogens is 2. The van der Waals surface area contributed by atoms with Crippen LogP contribution in [0.15, 0.2) is 48.5 Å². The lowest BCUT2D eigenvalue weighted by Crippen LogP contribution is -3.00. The Balaban J connectivity index is 0.00000264. The van der Waals surface area contributed by atoms with Gasteiger partial charge in [0.15, 0.2) is 0 Å². The Morgan fingerprint density at radius 1 is 0.870 bits per heavy atom. The highest BCUT2D eigenvalue weighted by molar-refractivity contribution is 5.47. The second kappa shape index (κ2) is 10.2. The monoisotopic (exact) mass is 335 g/mol. The largest absolute Gasteiger partial charge is 1.00 e. The van der Waals surface area contributed by atoms with Gasteiger partial charge in [0, 0.05) is 25.3 Å². The zero-order valence-electron chi connectivity index (χ0n) is 13.9. The minimum Gasteiger partial charge on any atom is -1.00 e. The molecule has 0 amide bonds.